The monoisotopic (exact) mass is 413 g/mol. The summed E-state index contributed by atoms with van der Waals surface area (Å²) >= 11 is 0.782. The van der Waals surface area contributed by atoms with Gasteiger partial charge in [0.25, 0.3) is 0 Å². The summed E-state index contributed by atoms with van der Waals surface area (Å²) in [7, 11) is 2.30. The zero-order valence-corrected chi connectivity index (χ0v) is 15.4. The molecule has 148 valence electrons. The minimum absolute atomic E-state index is 0.0762. The zero-order chi connectivity index (χ0) is 20.5. The van der Waals surface area contributed by atoms with E-state index in [1.807, 2.05) is 0 Å². The van der Waals surface area contributed by atoms with Gasteiger partial charge < -0.3 is 19.4 Å². The van der Waals surface area contributed by atoms with Gasteiger partial charge in [-0.3, -0.25) is 0 Å². The van der Waals surface area contributed by atoms with E-state index >= 15 is 0 Å². The molecule has 28 heavy (non-hydrogen) atoms. The van der Waals surface area contributed by atoms with Crippen LogP contribution in [-0.2, 0) is 22.8 Å². The maximum atomic E-state index is 12.8. The molecule has 0 aliphatic carbocycles. The molecule has 0 radical (unpaired) electrons. The van der Waals surface area contributed by atoms with E-state index in [4.69, 9.17) is 4.74 Å². The highest BCUT2D eigenvalue weighted by Gasteiger charge is 2.37. The predicted molar refractivity (Wildman–Crippen MR) is 94.4 cm³/mol. The number of carbonyl (C=O) groups is 1. The van der Waals surface area contributed by atoms with Crippen molar-refractivity contribution in [2.45, 2.75) is 11.3 Å². The first-order chi connectivity index (χ1) is 13.2. The van der Waals surface area contributed by atoms with Crippen LogP contribution >= 0.6 is 11.8 Å². The number of nitrogens with one attached hydrogen (secondary N) is 1. The number of thioether (sulfide) groups is 1. The van der Waals surface area contributed by atoms with E-state index < -0.39 is 23.7 Å². The van der Waals surface area contributed by atoms with Crippen LogP contribution < -0.4 is 0 Å². The molecule has 2 heterocycles. The fourth-order valence-corrected chi connectivity index (χ4v) is 3.21. The van der Waals surface area contributed by atoms with Crippen LogP contribution in [-0.4, -0.2) is 48.7 Å². The summed E-state index contributed by atoms with van der Waals surface area (Å²) in [6.07, 6.45) is -4.65. The molecule has 0 saturated heterocycles. The molecular formula is C16H14F3N5O3S. The van der Waals surface area contributed by atoms with Gasteiger partial charge in [-0.1, -0.05) is 23.9 Å². The fraction of sp³-hybridized carbons (Fsp3) is 0.250. The normalized spacial score (nSPS) is 12.9. The van der Waals surface area contributed by atoms with E-state index in [0.717, 1.165) is 30.5 Å². The molecular weight excluding hydrogens is 399 g/mol. The van der Waals surface area contributed by atoms with Crippen LogP contribution in [0.3, 0.4) is 0 Å². The van der Waals surface area contributed by atoms with Gasteiger partial charge in [-0.15, -0.1) is 10.2 Å². The van der Waals surface area contributed by atoms with Gasteiger partial charge in [-0.2, -0.15) is 13.2 Å². The molecule has 0 atom stereocenters. The number of halogens is 3. The van der Waals surface area contributed by atoms with Crippen molar-refractivity contribution < 1.29 is 27.8 Å². The highest BCUT2D eigenvalue weighted by Crippen LogP contribution is 2.30. The Morgan fingerprint density at radius 3 is 2.64 bits per heavy atom. The smallest absolute Gasteiger partial charge is 0.451 e. The zero-order valence-electron chi connectivity index (χ0n) is 14.6. The lowest BCUT2D eigenvalue weighted by Gasteiger charge is -2.08. The molecule has 0 unspecified atom stereocenters. The summed E-state index contributed by atoms with van der Waals surface area (Å²) in [5, 5.41) is 16.9. The Hall–Kier alpha value is -3.02. The number of ether oxygens (including phenoxy) is 1. The third-order valence-electron chi connectivity index (χ3n) is 3.73. The number of hydrogen-bond donors (Lipinski definition) is 2. The van der Waals surface area contributed by atoms with Crippen LogP contribution in [0.5, 0.6) is 0 Å². The number of fused-ring (bicyclic) bond motifs is 1. The van der Waals surface area contributed by atoms with Gasteiger partial charge in [0, 0.05) is 7.05 Å². The van der Waals surface area contributed by atoms with E-state index in [9.17, 15) is 23.1 Å². The number of H-pyrrole nitrogens is 1. The lowest BCUT2D eigenvalue weighted by atomic mass is 10.2. The van der Waals surface area contributed by atoms with Crippen molar-refractivity contribution in [3.05, 3.63) is 41.7 Å². The van der Waals surface area contributed by atoms with Crippen LogP contribution in [0.4, 0.5) is 13.2 Å². The number of carbonyl (C=O) groups excluding carboxylic acids is 1. The molecule has 2 aromatic heterocycles. The quantitative estimate of drug-likeness (QED) is 0.287. The van der Waals surface area contributed by atoms with Crippen LogP contribution in [0.15, 0.2) is 35.2 Å². The Labute approximate surface area is 160 Å². The molecule has 3 rings (SSSR count). The number of aromatic amines is 1. The number of hydrogen-bond acceptors (Lipinski definition) is 7. The molecule has 1 aromatic carbocycles. The highest BCUT2D eigenvalue weighted by atomic mass is 32.2. The maximum Gasteiger partial charge on any atom is 0.451 e. The molecule has 0 bridgehead atoms. The van der Waals surface area contributed by atoms with Crippen LogP contribution in [0.1, 0.15) is 11.6 Å². The molecule has 0 aliphatic heterocycles. The summed E-state index contributed by atoms with van der Waals surface area (Å²) in [4.78, 5) is 19.3. The molecule has 3 aromatic rings. The third kappa shape index (κ3) is 3.81. The lowest BCUT2D eigenvalue weighted by molar-refractivity contribution is -0.147. The Balaban J connectivity index is 1.91. The van der Waals surface area contributed by atoms with Gasteiger partial charge in [0.15, 0.2) is 5.16 Å². The number of methoxy groups -OCH3 is 1. The number of benzene rings is 1. The first kappa shape index (κ1) is 19.7. The van der Waals surface area contributed by atoms with Crippen molar-refractivity contribution in [3.63, 3.8) is 0 Å². The van der Waals surface area contributed by atoms with Crippen LogP contribution in [0.2, 0.25) is 0 Å². The molecule has 0 saturated carbocycles. The van der Waals surface area contributed by atoms with Gasteiger partial charge >= 0.3 is 12.1 Å². The van der Waals surface area contributed by atoms with Crippen molar-refractivity contribution >= 4 is 34.3 Å². The topological polar surface area (TPSA) is 106 Å². The fourth-order valence-electron chi connectivity index (χ4n) is 2.42. The first-order valence-electron chi connectivity index (χ1n) is 7.77. The minimum Gasteiger partial charge on any atom is -0.510 e. The summed E-state index contributed by atoms with van der Waals surface area (Å²) in [6.45, 7) is 0. The number of aliphatic hydroxyl groups is 1. The Morgan fingerprint density at radius 1 is 1.32 bits per heavy atom. The molecule has 0 fully saturated rings. The number of nitrogens with zero attached hydrogens (tertiary/aromatic N) is 4. The number of alkyl halides is 3. The molecule has 0 amide bonds. The Kier molecular flexibility index (Phi) is 5.31. The number of aromatic nitrogens is 5. The largest absolute Gasteiger partial charge is 0.510 e. The summed E-state index contributed by atoms with van der Waals surface area (Å²) in [5.74, 6) is -2.59. The standard InChI is InChI=1S/C16H14F3N5O3S/c1-24-14(16(17,18)19)22-23-15(24)28-7-10(25)11(13(26)27-2)12-20-8-5-3-4-6-9(8)21-12/h3-6,25H,7H2,1-2H3,(H,20,21)/b11-10+. The van der Waals surface area contributed by atoms with Crippen LogP contribution in [0, 0.1) is 0 Å². The van der Waals surface area contributed by atoms with E-state index in [0.29, 0.717) is 11.0 Å². The molecule has 0 aliphatic rings. The van der Waals surface area contributed by atoms with Gasteiger partial charge in [0.05, 0.1) is 23.9 Å². The van der Waals surface area contributed by atoms with Crippen molar-refractivity contribution in [1.82, 2.24) is 24.7 Å². The number of esters is 1. The average molecular weight is 413 g/mol. The number of para-hydroxylation sites is 2. The van der Waals surface area contributed by atoms with Gasteiger partial charge in [-0.25, -0.2) is 9.78 Å². The maximum absolute atomic E-state index is 12.8. The summed E-state index contributed by atoms with van der Waals surface area (Å²) in [5.41, 5.74) is 0.995. The number of imidazole rings is 1. The van der Waals surface area contributed by atoms with Gasteiger partial charge in [-0.05, 0) is 12.1 Å². The number of rotatable bonds is 5. The van der Waals surface area contributed by atoms with Gasteiger partial charge in [0.1, 0.15) is 17.2 Å². The van der Waals surface area contributed by atoms with E-state index in [-0.39, 0.29) is 22.3 Å². The Bertz CT molecular complexity index is 1020. The van der Waals surface area contributed by atoms with E-state index in [2.05, 4.69) is 20.2 Å². The summed E-state index contributed by atoms with van der Waals surface area (Å²) < 4.78 is 43.9. The minimum atomic E-state index is -4.65. The lowest BCUT2D eigenvalue weighted by Crippen LogP contribution is -2.13. The van der Waals surface area contributed by atoms with Crippen molar-refractivity contribution in [2.75, 3.05) is 12.9 Å². The summed E-state index contributed by atoms with van der Waals surface area (Å²) in [6, 6.07) is 6.99. The molecule has 0 spiro atoms. The second-order valence-electron chi connectivity index (χ2n) is 5.57. The van der Waals surface area contributed by atoms with E-state index in [1.165, 1.54) is 0 Å². The highest BCUT2D eigenvalue weighted by molar-refractivity contribution is 7.99. The van der Waals surface area contributed by atoms with E-state index in [1.54, 1.807) is 24.3 Å². The first-order valence-corrected chi connectivity index (χ1v) is 8.76. The van der Waals surface area contributed by atoms with Crippen LogP contribution in [0.25, 0.3) is 16.6 Å². The number of aliphatic hydroxyl groups excluding tert-OH is 1. The molecule has 12 heteroatoms. The van der Waals surface area contributed by atoms with Gasteiger partial charge in [0.2, 0.25) is 5.82 Å². The predicted octanol–water partition coefficient (Wildman–Crippen LogP) is 2.94. The average Bonchev–Trinajstić information content (AvgIpc) is 3.22. The second-order valence-corrected chi connectivity index (χ2v) is 6.51. The van der Waals surface area contributed by atoms with Crippen molar-refractivity contribution in [3.8, 4) is 0 Å². The third-order valence-corrected chi connectivity index (χ3v) is 4.76. The SMILES string of the molecule is COC(=O)/C(=C(/O)CSc1nnc(C(F)(F)F)n1C)c1nc2ccccc2[nH]1. The molecule has 8 nitrogen and oxygen atoms in total. The van der Waals surface area contributed by atoms with Crippen molar-refractivity contribution in [2.24, 2.45) is 7.05 Å². The second kappa shape index (κ2) is 7.54. The van der Waals surface area contributed by atoms with Crippen molar-refractivity contribution in [1.29, 1.82) is 0 Å². The molecule has 2 N–H and O–H groups in total. The Morgan fingerprint density at radius 2 is 2.04 bits per heavy atom.